The molecule has 2 heteroatoms. The highest BCUT2D eigenvalue weighted by atomic mass is 16.5. The number of aliphatic hydroxyl groups is 1. The average Bonchev–Trinajstić information content (AvgIpc) is 2.65. The van der Waals surface area contributed by atoms with E-state index in [1.54, 1.807) is 0 Å². The van der Waals surface area contributed by atoms with Crippen LogP contribution in [0.5, 0.6) is 0 Å². The summed E-state index contributed by atoms with van der Waals surface area (Å²) in [6, 6.07) is 0. The number of hydrogen-bond donors (Lipinski definition) is 1. The van der Waals surface area contributed by atoms with Crippen molar-refractivity contribution in [2.45, 2.75) is 70.5 Å². The number of hydrogen-bond acceptors (Lipinski definition) is 2. The maximum atomic E-state index is 9.51. The van der Waals surface area contributed by atoms with E-state index in [0.717, 1.165) is 32.3 Å². The van der Waals surface area contributed by atoms with E-state index in [2.05, 4.69) is 6.92 Å². The Bertz CT molecular complexity index is 130. The zero-order valence-electron chi connectivity index (χ0n) is 9.37. The van der Waals surface area contributed by atoms with Gasteiger partial charge in [0.2, 0.25) is 0 Å². The van der Waals surface area contributed by atoms with E-state index >= 15 is 0 Å². The summed E-state index contributed by atoms with van der Waals surface area (Å²) in [5, 5.41) is 9.51. The van der Waals surface area contributed by atoms with E-state index in [1.165, 1.54) is 25.7 Å². The van der Waals surface area contributed by atoms with Crippen LogP contribution in [0, 0.1) is 0 Å². The van der Waals surface area contributed by atoms with Gasteiger partial charge in [0.15, 0.2) is 0 Å². The lowest BCUT2D eigenvalue weighted by Crippen LogP contribution is -2.07. The van der Waals surface area contributed by atoms with Crippen LogP contribution >= 0.6 is 0 Å². The molecular weight excluding hydrogens is 176 g/mol. The molecule has 1 fully saturated rings. The van der Waals surface area contributed by atoms with Crippen molar-refractivity contribution in [3.8, 4) is 0 Å². The smallest absolute Gasteiger partial charge is 0.0576 e. The predicted molar refractivity (Wildman–Crippen MR) is 58.4 cm³/mol. The third kappa shape index (κ3) is 4.97. The van der Waals surface area contributed by atoms with Gasteiger partial charge < -0.3 is 9.84 Å². The normalized spacial score (nSPS) is 24.0. The molecule has 0 aromatic rings. The van der Waals surface area contributed by atoms with Gasteiger partial charge in [-0.05, 0) is 32.1 Å². The molecule has 2 atom stereocenters. The second kappa shape index (κ2) is 7.24. The number of unbranched alkanes of at least 4 members (excludes halogenated alkanes) is 1. The van der Waals surface area contributed by atoms with E-state index < -0.39 is 0 Å². The van der Waals surface area contributed by atoms with Crippen molar-refractivity contribution in [1.82, 2.24) is 0 Å². The second-order valence-electron chi connectivity index (χ2n) is 4.36. The molecule has 0 aromatic heterocycles. The van der Waals surface area contributed by atoms with E-state index in [1.807, 2.05) is 0 Å². The van der Waals surface area contributed by atoms with Gasteiger partial charge in [0.1, 0.15) is 0 Å². The quantitative estimate of drug-likeness (QED) is 0.640. The predicted octanol–water partition coefficient (Wildman–Crippen LogP) is 2.89. The zero-order chi connectivity index (χ0) is 10.2. The number of ether oxygens (including phenoxy) is 1. The Morgan fingerprint density at radius 1 is 1.36 bits per heavy atom. The SMILES string of the molecule is CCCC(O)CCCCC1CCCO1. The molecule has 2 nitrogen and oxygen atoms in total. The lowest BCUT2D eigenvalue weighted by molar-refractivity contribution is 0.0987. The van der Waals surface area contributed by atoms with Crippen LogP contribution in [-0.4, -0.2) is 23.9 Å². The molecule has 1 aliphatic heterocycles. The first-order chi connectivity index (χ1) is 6.83. The van der Waals surface area contributed by atoms with E-state index in [-0.39, 0.29) is 6.10 Å². The van der Waals surface area contributed by atoms with Crippen molar-refractivity contribution in [2.75, 3.05) is 6.61 Å². The van der Waals surface area contributed by atoms with E-state index in [4.69, 9.17) is 4.74 Å². The molecule has 0 amide bonds. The van der Waals surface area contributed by atoms with Gasteiger partial charge in [-0.3, -0.25) is 0 Å². The van der Waals surface area contributed by atoms with Gasteiger partial charge >= 0.3 is 0 Å². The summed E-state index contributed by atoms with van der Waals surface area (Å²) in [5.74, 6) is 0. The molecule has 1 N–H and O–H groups in total. The van der Waals surface area contributed by atoms with Crippen LogP contribution in [0.4, 0.5) is 0 Å². The van der Waals surface area contributed by atoms with Crippen molar-refractivity contribution >= 4 is 0 Å². The van der Waals surface area contributed by atoms with Crippen LogP contribution in [0.3, 0.4) is 0 Å². The molecule has 0 spiro atoms. The Hall–Kier alpha value is -0.0800. The van der Waals surface area contributed by atoms with Crippen molar-refractivity contribution < 1.29 is 9.84 Å². The largest absolute Gasteiger partial charge is 0.393 e. The molecular formula is C12H24O2. The third-order valence-electron chi connectivity index (χ3n) is 2.96. The highest BCUT2D eigenvalue weighted by molar-refractivity contribution is 4.65. The maximum Gasteiger partial charge on any atom is 0.0576 e. The monoisotopic (exact) mass is 200 g/mol. The zero-order valence-corrected chi connectivity index (χ0v) is 9.37. The average molecular weight is 200 g/mol. The first-order valence-corrected chi connectivity index (χ1v) is 6.12. The Labute approximate surface area is 87.7 Å². The lowest BCUT2D eigenvalue weighted by Gasteiger charge is -2.11. The molecule has 1 rings (SSSR count). The van der Waals surface area contributed by atoms with Crippen LogP contribution in [0.1, 0.15) is 58.3 Å². The number of rotatable bonds is 7. The Morgan fingerprint density at radius 2 is 2.21 bits per heavy atom. The fourth-order valence-corrected chi connectivity index (χ4v) is 2.10. The summed E-state index contributed by atoms with van der Waals surface area (Å²) in [7, 11) is 0. The van der Waals surface area contributed by atoms with Crippen LogP contribution in [0.15, 0.2) is 0 Å². The molecule has 0 bridgehead atoms. The molecule has 1 saturated heterocycles. The second-order valence-corrected chi connectivity index (χ2v) is 4.36. The van der Waals surface area contributed by atoms with Crippen molar-refractivity contribution in [3.63, 3.8) is 0 Å². The minimum atomic E-state index is -0.0653. The van der Waals surface area contributed by atoms with E-state index in [0.29, 0.717) is 6.10 Å². The maximum absolute atomic E-state index is 9.51. The summed E-state index contributed by atoms with van der Waals surface area (Å²) in [5.41, 5.74) is 0. The molecule has 0 aromatic carbocycles. The standard InChI is InChI=1S/C12H24O2/c1-2-6-11(13)7-3-4-8-12-9-5-10-14-12/h11-13H,2-10H2,1H3. The van der Waals surface area contributed by atoms with Gasteiger partial charge in [-0.2, -0.15) is 0 Å². The third-order valence-corrected chi connectivity index (χ3v) is 2.96. The molecule has 2 unspecified atom stereocenters. The van der Waals surface area contributed by atoms with Crippen molar-refractivity contribution in [3.05, 3.63) is 0 Å². The van der Waals surface area contributed by atoms with Crippen LogP contribution in [0.2, 0.25) is 0 Å². The van der Waals surface area contributed by atoms with E-state index in [9.17, 15) is 5.11 Å². The summed E-state index contributed by atoms with van der Waals surface area (Å²) in [6.07, 6.45) is 9.53. The summed E-state index contributed by atoms with van der Waals surface area (Å²) < 4.78 is 5.54. The molecule has 0 radical (unpaired) electrons. The van der Waals surface area contributed by atoms with Crippen molar-refractivity contribution in [1.29, 1.82) is 0 Å². The molecule has 0 aliphatic carbocycles. The Kier molecular flexibility index (Phi) is 6.20. The Balaban J connectivity index is 1.88. The summed E-state index contributed by atoms with van der Waals surface area (Å²) >= 11 is 0. The highest BCUT2D eigenvalue weighted by Gasteiger charge is 2.14. The molecule has 84 valence electrons. The van der Waals surface area contributed by atoms with Crippen LogP contribution in [0.25, 0.3) is 0 Å². The van der Waals surface area contributed by atoms with Gasteiger partial charge in [0.25, 0.3) is 0 Å². The van der Waals surface area contributed by atoms with Gasteiger partial charge in [0.05, 0.1) is 12.2 Å². The molecule has 1 heterocycles. The number of aliphatic hydroxyl groups excluding tert-OH is 1. The molecule has 14 heavy (non-hydrogen) atoms. The lowest BCUT2D eigenvalue weighted by atomic mass is 10.0. The Morgan fingerprint density at radius 3 is 2.86 bits per heavy atom. The minimum absolute atomic E-state index is 0.0653. The first-order valence-electron chi connectivity index (χ1n) is 6.12. The van der Waals surface area contributed by atoms with Crippen LogP contribution < -0.4 is 0 Å². The highest BCUT2D eigenvalue weighted by Crippen LogP contribution is 2.18. The minimum Gasteiger partial charge on any atom is -0.393 e. The first kappa shape index (κ1) is 12.0. The summed E-state index contributed by atoms with van der Waals surface area (Å²) in [4.78, 5) is 0. The molecule has 0 saturated carbocycles. The van der Waals surface area contributed by atoms with Gasteiger partial charge in [0, 0.05) is 6.61 Å². The van der Waals surface area contributed by atoms with Gasteiger partial charge in [-0.15, -0.1) is 0 Å². The fraction of sp³-hybridized carbons (Fsp3) is 1.00. The molecule has 1 aliphatic rings. The van der Waals surface area contributed by atoms with Gasteiger partial charge in [-0.1, -0.05) is 26.2 Å². The van der Waals surface area contributed by atoms with Crippen LogP contribution in [-0.2, 0) is 4.74 Å². The van der Waals surface area contributed by atoms with Gasteiger partial charge in [-0.25, -0.2) is 0 Å². The summed E-state index contributed by atoms with van der Waals surface area (Å²) in [6.45, 7) is 3.08. The van der Waals surface area contributed by atoms with Crippen molar-refractivity contribution in [2.24, 2.45) is 0 Å². The topological polar surface area (TPSA) is 29.5 Å². The fourth-order valence-electron chi connectivity index (χ4n) is 2.10.